The van der Waals surface area contributed by atoms with Crippen LogP contribution < -0.4 is 0 Å². The quantitative estimate of drug-likeness (QED) is 0.202. The van der Waals surface area contributed by atoms with Gasteiger partial charge in [-0.15, -0.1) is 6.58 Å². The first-order chi connectivity index (χ1) is 16.7. The summed E-state index contributed by atoms with van der Waals surface area (Å²) in [5.41, 5.74) is 0. The molecule has 0 aliphatic heterocycles. The third-order valence-corrected chi connectivity index (χ3v) is 16.3. The molecule has 0 fully saturated rings. The van der Waals surface area contributed by atoms with Gasteiger partial charge in [-0.3, -0.25) is 0 Å². The van der Waals surface area contributed by atoms with Gasteiger partial charge in [-0.25, -0.2) is 17.0 Å². The van der Waals surface area contributed by atoms with E-state index in [1.807, 2.05) is 24.3 Å². The normalized spacial score (nSPS) is 17.1. The topological polar surface area (TPSA) is 76.0 Å². The van der Waals surface area contributed by atoms with Crippen molar-refractivity contribution in [2.24, 2.45) is 16.2 Å². The van der Waals surface area contributed by atoms with Crippen LogP contribution in [0, 0.1) is 11.8 Å². The summed E-state index contributed by atoms with van der Waals surface area (Å²) in [6.45, 7) is 24.3. The zero-order valence-electron chi connectivity index (χ0n) is 24.8. The first kappa shape index (κ1) is 33.8. The summed E-state index contributed by atoms with van der Waals surface area (Å²) >= 11 is 0. The van der Waals surface area contributed by atoms with Gasteiger partial charge in [0.1, 0.15) is 0 Å². The molecule has 1 aromatic carbocycles. The summed E-state index contributed by atoms with van der Waals surface area (Å²) in [6.07, 6.45) is 3.51. The first-order valence-electron chi connectivity index (χ1n) is 12.9. The van der Waals surface area contributed by atoms with Crippen molar-refractivity contribution < 1.29 is 17.1 Å². The van der Waals surface area contributed by atoms with Crippen molar-refractivity contribution in [2.75, 3.05) is 20.2 Å². The first-order valence-corrected chi connectivity index (χ1v) is 18.8. The van der Waals surface area contributed by atoms with Crippen LogP contribution in [0.1, 0.15) is 55.4 Å². The standard InChI is InChI=1S/C28H50N2O4S2Si/c1-13-20-30(36(32,33)27(4,5)6)26(22-34-37(11,12)28(7,8)9)25(23(2)3)19-21-35(31,29-10)24-17-15-14-16-18-24/h13-19,21,23,25-26H,1,20,22H2,2-12H3/b21-19+/t25-,26+,35?/m0/s1. The lowest BCUT2D eigenvalue weighted by Gasteiger charge is -2.43. The summed E-state index contributed by atoms with van der Waals surface area (Å²) in [7, 11) is -7.17. The average Bonchev–Trinajstić information content (AvgIpc) is 2.78. The highest BCUT2D eigenvalue weighted by molar-refractivity contribution is 7.96. The van der Waals surface area contributed by atoms with Crippen molar-refractivity contribution in [2.45, 2.75) is 89.2 Å². The lowest BCUT2D eigenvalue weighted by atomic mass is 9.89. The van der Waals surface area contributed by atoms with Crippen molar-refractivity contribution in [1.29, 1.82) is 0 Å². The minimum atomic E-state index is -3.72. The molecular formula is C28H50N2O4S2Si. The molecule has 0 heterocycles. The van der Waals surface area contributed by atoms with Gasteiger partial charge in [0.2, 0.25) is 10.0 Å². The third kappa shape index (κ3) is 8.36. The fourth-order valence-electron chi connectivity index (χ4n) is 3.64. The Morgan fingerprint density at radius 3 is 2.00 bits per heavy atom. The molecule has 0 N–H and O–H groups in total. The van der Waals surface area contributed by atoms with E-state index >= 15 is 0 Å². The molecule has 0 saturated carbocycles. The van der Waals surface area contributed by atoms with Crippen LogP contribution in [-0.4, -0.2) is 56.2 Å². The van der Waals surface area contributed by atoms with Crippen molar-refractivity contribution in [3.05, 3.63) is 54.5 Å². The fraction of sp³-hybridized carbons (Fsp3) is 0.643. The maximum absolute atomic E-state index is 13.8. The molecule has 6 nitrogen and oxygen atoms in total. The van der Waals surface area contributed by atoms with Gasteiger partial charge >= 0.3 is 0 Å². The van der Waals surface area contributed by atoms with Gasteiger partial charge < -0.3 is 4.43 Å². The second-order valence-electron chi connectivity index (χ2n) is 12.3. The van der Waals surface area contributed by atoms with Gasteiger partial charge in [-0.05, 0) is 62.9 Å². The Morgan fingerprint density at radius 1 is 1.05 bits per heavy atom. The number of hydrogen-bond acceptors (Lipinski definition) is 5. The van der Waals surface area contributed by atoms with E-state index in [0.717, 1.165) is 0 Å². The Morgan fingerprint density at radius 2 is 1.59 bits per heavy atom. The highest BCUT2D eigenvalue weighted by Gasteiger charge is 2.44. The molecule has 0 bridgehead atoms. The lowest BCUT2D eigenvalue weighted by Crippen LogP contribution is -2.55. The summed E-state index contributed by atoms with van der Waals surface area (Å²) < 4.78 is 52.9. The second kappa shape index (κ2) is 12.7. The number of hydrogen-bond donors (Lipinski definition) is 0. The maximum Gasteiger partial charge on any atom is 0.219 e. The Hall–Kier alpha value is -1.26. The fourth-order valence-corrected chi connectivity index (χ4v) is 7.65. The van der Waals surface area contributed by atoms with Gasteiger partial charge in [0, 0.05) is 19.0 Å². The predicted molar refractivity (Wildman–Crippen MR) is 161 cm³/mol. The Balaban J connectivity index is 3.74. The lowest BCUT2D eigenvalue weighted by molar-refractivity contribution is 0.146. The number of sulfonamides is 1. The van der Waals surface area contributed by atoms with Crippen molar-refractivity contribution in [1.82, 2.24) is 4.31 Å². The Labute approximate surface area is 228 Å². The van der Waals surface area contributed by atoms with Gasteiger partial charge in [0.25, 0.3) is 0 Å². The van der Waals surface area contributed by atoms with Crippen LogP contribution in [-0.2, 0) is 24.2 Å². The van der Waals surface area contributed by atoms with Gasteiger partial charge in [0.15, 0.2) is 8.32 Å². The minimum Gasteiger partial charge on any atom is -0.415 e. The summed E-state index contributed by atoms with van der Waals surface area (Å²) in [6, 6.07) is 8.64. The third-order valence-electron chi connectivity index (χ3n) is 7.23. The van der Waals surface area contributed by atoms with Gasteiger partial charge in [-0.2, -0.15) is 4.31 Å². The molecular weight excluding hydrogens is 521 g/mol. The van der Waals surface area contributed by atoms with Crippen LogP contribution in [0.3, 0.4) is 0 Å². The Kier molecular flexibility index (Phi) is 11.6. The van der Waals surface area contributed by atoms with Crippen LogP contribution in [0.25, 0.3) is 0 Å². The minimum absolute atomic E-state index is 0.0321. The van der Waals surface area contributed by atoms with E-state index in [4.69, 9.17) is 4.43 Å². The molecule has 0 saturated heterocycles. The van der Waals surface area contributed by atoms with E-state index in [1.54, 1.807) is 51.4 Å². The Bertz CT molecular complexity index is 1140. The highest BCUT2D eigenvalue weighted by atomic mass is 32.2. The van der Waals surface area contributed by atoms with E-state index in [-0.39, 0.29) is 30.0 Å². The molecule has 0 radical (unpaired) electrons. The molecule has 1 aromatic rings. The van der Waals surface area contributed by atoms with E-state index in [2.05, 4.69) is 58.7 Å². The average molecular weight is 571 g/mol. The number of nitrogens with zero attached hydrogens (tertiary/aromatic N) is 2. The predicted octanol–water partition coefficient (Wildman–Crippen LogP) is 6.94. The zero-order chi connectivity index (χ0) is 28.9. The molecule has 0 aliphatic carbocycles. The zero-order valence-corrected chi connectivity index (χ0v) is 27.4. The molecule has 0 amide bonds. The van der Waals surface area contributed by atoms with E-state index in [0.29, 0.717) is 4.90 Å². The molecule has 9 heteroatoms. The molecule has 212 valence electrons. The molecule has 3 atom stereocenters. The van der Waals surface area contributed by atoms with Crippen LogP contribution in [0.4, 0.5) is 0 Å². The smallest absolute Gasteiger partial charge is 0.219 e. The number of rotatable bonds is 12. The molecule has 1 unspecified atom stereocenters. The van der Waals surface area contributed by atoms with Crippen molar-refractivity contribution in [3.8, 4) is 0 Å². The molecule has 37 heavy (non-hydrogen) atoms. The van der Waals surface area contributed by atoms with Crippen molar-refractivity contribution >= 4 is 28.1 Å². The summed E-state index contributed by atoms with van der Waals surface area (Å²) in [5, 5.41) is 1.62. The van der Waals surface area contributed by atoms with Crippen LogP contribution >= 0.6 is 0 Å². The van der Waals surface area contributed by atoms with E-state index in [9.17, 15) is 12.6 Å². The van der Waals surface area contributed by atoms with Crippen molar-refractivity contribution in [3.63, 3.8) is 0 Å². The monoisotopic (exact) mass is 570 g/mol. The summed E-state index contributed by atoms with van der Waals surface area (Å²) in [4.78, 5) is 0.621. The SMILES string of the molecule is C=CCN([C@H](CO[Si](C)(C)C(C)(C)C)[C@@H](/C=C/S(=O)(=NC)c1ccccc1)C(C)C)S(=O)(=O)C(C)(C)C. The number of benzene rings is 1. The molecule has 0 spiro atoms. The van der Waals surface area contributed by atoms with Crippen LogP contribution in [0.15, 0.2) is 63.7 Å². The van der Waals surface area contributed by atoms with E-state index in [1.165, 1.54) is 4.31 Å². The second-order valence-corrected chi connectivity index (χ2v) is 22.0. The van der Waals surface area contributed by atoms with E-state index < -0.39 is 38.9 Å². The largest absolute Gasteiger partial charge is 0.415 e. The van der Waals surface area contributed by atoms with Crippen LogP contribution in [0.2, 0.25) is 18.1 Å². The highest BCUT2D eigenvalue weighted by Crippen LogP contribution is 2.38. The molecule has 0 aromatic heterocycles. The molecule has 0 aliphatic rings. The van der Waals surface area contributed by atoms with Crippen LogP contribution in [0.5, 0.6) is 0 Å². The van der Waals surface area contributed by atoms with Gasteiger partial charge in [-0.1, -0.05) is 65.0 Å². The van der Waals surface area contributed by atoms with Gasteiger partial charge in [0.05, 0.1) is 32.0 Å². The summed E-state index contributed by atoms with van der Waals surface area (Å²) in [5.74, 6) is -0.226. The molecule has 1 rings (SSSR count). The maximum atomic E-state index is 13.8.